The largest absolute Gasteiger partial charge is 0.317 e. The first-order chi connectivity index (χ1) is 13.6. The summed E-state index contributed by atoms with van der Waals surface area (Å²) in [6, 6.07) is 16.3. The van der Waals surface area contributed by atoms with Gasteiger partial charge in [-0.2, -0.15) is 0 Å². The van der Waals surface area contributed by atoms with Crippen LogP contribution in [0, 0.1) is 0 Å². The molecule has 5 rings (SSSR count). The number of fused-ring (bicyclic) bond motifs is 1. The van der Waals surface area contributed by atoms with Gasteiger partial charge in [0.2, 0.25) is 0 Å². The molecule has 0 bridgehead atoms. The number of piperidine rings is 1. The molecule has 0 amide bonds. The van der Waals surface area contributed by atoms with Gasteiger partial charge in [-0.3, -0.25) is 4.31 Å². The monoisotopic (exact) mass is 397 g/mol. The van der Waals surface area contributed by atoms with Crippen molar-refractivity contribution in [1.29, 1.82) is 0 Å². The van der Waals surface area contributed by atoms with Crippen molar-refractivity contribution in [2.45, 2.75) is 48.6 Å². The van der Waals surface area contributed by atoms with E-state index >= 15 is 0 Å². The number of sulfonamides is 1. The van der Waals surface area contributed by atoms with E-state index in [1.807, 2.05) is 12.1 Å². The first-order valence-corrected chi connectivity index (χ1v) is 11.7. The third kappa shape index (κ3) is 3.34. The van der Waals surface area contributed by atoms with Crippen LogP contribution in [-0.2, 0) is 16.4 Å². The third-order valence-corrected chi connectivity index (χ3v) is 8.12. The SMILES string of the molecule is O=S(=O)(c1ccccc1)N1CCc2cc(C3CC3NC3CCNCC3)ccc21. The van der Waals surface area contributed by atoms with E-state index in [4.69, 9.17) is 0 Å². The molecular weight excluding hydrogens is 370 g/mol. The smallest absolute Gasteiger partial charge is 0.264 e. The third-order valence-electron chi connectivity index (χ3n) is 6.30. The summed E-state index contributed by atoms with van der Waals surface area (Å²) in [5.41, 5.74) is 3.35. The molecule has 1 saturated carbocycles. The molecule has 2 atom stereocenters. The van der Waals surface area contributed by atoms with Crippen LogP contribution in [0.3, 0.4) is 0 Å². The van der Waals surface area contributed by atoms with Crippen molar-refractivity contribution in [2.75, 3.05) is 23.9 Å². The molecule has 3 aliphatic rings. The van der Waals surface area contributed by atoms with Gasteiger partial charge in [-0.25, -0.2) is 8.42 Å². The van der Waals surface area contributed by atoms with Gasteiger partial charge in [0.15, 0.2) is 0 Å². The van der Waals surface area contributed by atoms with Crippen LogP contribution in [0.4, 0.5) is 5.69 Å². The van der Waals surface area contributed by atoms with Gasteiger partial charge < -0.3 is 10.6 Å². The summed E-state index contributed by atoms with van der Waals surface area (Å²) in [6.07, 6.45) is 4.39. The fourth-order valence-electron chi connectivity index (χ4n) is 4.63. The minimum atomic E-state index is -3.48. The Morgan fingerprint density at radius 2 is 1.82 bits per heavy atom. The van der Waals surface area contributed by atoms with Crippen LogP contribution in [0.25, 0.3) is 0 Å². The average molecular weight is 398 g/mol. The summed E-state index contributed by atoms with van der Waals surface area (Å²) in [7, 11) is -3.48. The van der Waals surface area contributed by atoms with E-state index in [1.54, 1.807) is 28.6 Å². The highest BCUT2D eigenvalue weighted by atomic mass is 32.2. The average Bonchev–Trinajstić information content (AvgIpc) is 3.35. The number of nitrogens with one attached hydrogen (secondary N) is 2. The minimum Gasteiger partial charge on any atom is -0.317 e. The zero-order valence-electron chi connectivity index (χ0n) is 16.0. The van der Waals surface area contributed by atoms with Crippen LogP contribution in [0.2, 0.25) is 0 Å². The molecule has 1 aliphatic carbocycles. The lowest BCUT2D eigenvalue weighted by atomic mass is 10.0. The van der Waals surface area contributed by atoms with E-state index in [0.29, 0.717) is 29.4 Å². The lowest BCUT2D eigenvalue weighted by Gasteiger charge is -2.24. The van der Waals surface area contributed by atoms with E-state index in [-0.39, 0.29) is 0 Å². The van der Waals surface area contributed by atoms with Crippen LogP contribution >= 0.6 is 0 Å². The summed E-state index contributed by atoms with van der Waals surface area (Å²) in [5.74, 6) is 0.569. The number of benzene rings is 2. The highest BCUT2D eigenvalue weighted by Gasteiger charge is 2.40. The Hall–Kier alpha value is -1.89. The van der Waals surface area contributed by atoms with Crippen molar-refractivity contribution in [3.8, 4) is 0 Å². The molecule has 148 valence electrons. The van der Waals surface area contributed by atoms with E-state index < -0.39 is 10.0 Å². The van der Waals surface area contributed by atoms with E-state index in [9.17, 15) is 8.42 Å². The Morgan fingerprint density at radius 3 is 2.61 bits per heavy atom. The number of nitrogens with zero attached hydrogens (tertiary/aromatic N) is 1. The van der Waals surface area contributed by atoms with Crippen molar-refractivity contribution < 1.29 is 8.42 Å². The van der Waals surface area contributed by atoms with Crippen molar-refractivity contribution >= 4 is 15.7 Å². The van der Waals surface area contributed by atoms with Gasteiger partial charge in [0.1, 0.15) is 0 Å². The van der Waals surface area contributed by atoms with Gasteiger partial charge in [-0.1, -0.05) is 30.3 Å². The van der Waals surface area contributed by atoms with Crippen LogP contribution in [0.15, 0.2) is 53.4 Å². The predicted octanol–water partition coefficient (Wildman–Crippen LogP) is 2.64. The molecule has 2 heterocycles. The Morgan fingerprint density at radius 1 is 1.04 bits per heavy atom. The summed E-state index contributed by atoms with van der Waals surface area (Å²) < 4.78 is 27.6. The number of rotatable bonds is 5. The quantitative estimate of drug-likeness (QED) is 0.814. The molecule has 2 fully saturated rings. The number of hydrogen-bond acceptors (Lipinski definition) is 4. The molecule has 1 saturated heterocycles. The molecule has 28 heavy (non-hydrogen) atoms. The molecule has 2 aliphatic heterocycles. The second kappa shape index (κ2) is 7.17. The van der Waals surface area contributed by atoms with Crippen LogP contribution in [-0.4, -0.2) is 40.1 Å². The van der Waals surface area contributed by atoms with Crippen molar-refractivity contribution in [3.05, 3.63) is 59.7 Å². The maximum absolute atomic E-state index is 13.0. The number of anilines is 1. The van der Waals surface area contributed by atoms with Crippen molar-refractivity contribution in [3.63, 3.8) is 0 Å². The lowest BCUT2D eigenvalue weighted by Crippen LogP contribution is -2.41. The Labute approximate surface area is 167 Å². The first-order valence-electron chi connectivity index (χ1n) is 10.3. The van der Waals surface area contributed by atoms with Gasteiger partial charge in [0.25, 0.3) is 10.0 Å². The standard InChI is InChI=1S/C22H27N3O2S/c26-28(27,19-4-2-1-3-5-19)25-13-10-17-14-16(6-7-22(17)25)20-15-21(20)24-18-8-11-23-12-9-18/h1-7,14,18,20-21,23-24H,8-13,15H2. The van der Waals surface area contributed by atoms with Gasteiger partial charge >= 0.3 is 0 Å². The van der Waals surface area contributed by atoms with Gasteiger partial charge in [-0.05, 0) is 68.1 Å². The molecular formula is C22H27N3O2S. The van der Waals surface area contributed by atoms with E-state index in [0.717, 1.165) is 30.8 Å². The van der Waals surface area contributed by atoms with Crippen LogP contribution in [0.5, 0.6) is 0 Å². The summed E-state index contributed by atoms with van der Waals surface area (Å²) in [5, 5.41) is 7.23. The fourth-order valence-corrected chi connectivity index (χ4v) is 6.15. The Kier molecular flexibility index (Phi) is 4.65. The molecule has 2 aromatic carbocycles. The molecule has 2 unspecified atom stereocenters. The lowest BCUT2D eigenvalue weighted by molar-refractivity contribution is 0.383. The molecule has 5 nitrogen and oxygen atoms in total. The minimum absolute atomic E-state index is 0.361. The number of hydrogen-bond donors (Lipinski definition) is 2. The van der Waals surface area contributed by atoms with Crippen LogP contribution < -0.4 is 14.9 Å². The molecule has 2 aromatic rings. The van der Waals surface area contributed by atoms with Gasteiger partial charge in [0, 0.05) is 24.5 Å². The Bertz CT molecular complexity index is 955. The molecule has 0 radical (unpaired) electrons. The topological polar surface area (TPSA) is 61.4 Å². The maximum atomic E-state index is 13.0. The van der Waals surface area contributed by atoms with Gasteiger partial charge in [-0.15, -0.1) is 0 Å². The molecule has 2 N–H and O–H groups in total. The second-order valence-corrected chi connectivity index (χ2v) is 10.0. The predicted molar refractivity (Wildman–Crippen MR) is 111 cm³/mol. The van der Waals surface area contributed by atoms with E-state index in [2.05, 4.69) is 22.8 Å². The highest BCUT2D eigenvalue weighted by molar-refractivity contribution is 7.92. The van der Waals surface area contributed by atoms with Crippen LogP contribution in [0.1, 0.15) is 36.3 Å². The normalized spacial score (nSPS) is 24.9. The molecule has 0 spiro atoms. The zero-order valence-corrected chi connectivity index (χ0v) is 16.8. The van der Waals surface area contributed by atoms with Gasteiger partial charge in [0.05, 0.1) is 10.6 Å². The highest BCUT2D eigenvalue weighted by Crippen LogP contribution is 2.44. The Balaban J connectivity index is 1.31. The second-order valence-electron chi connectivity index (χ2n) is 8.17. The van der Waals surface area contributed by atoms with Crippen molar-refractivity contribution in [1.82, 2.24) is 10.6 Å². The fraction of sp³-hybridized carbons (Fsp3) is 0.455. The maximum Gasteiger partial charge on any atom is 0.264 e. The zero-order chi connectivity index (χ0) is 19.1. The first kappa shape index (κ1) is 18.2. The van der Waals surface area contributed by atoms with Crippen molar-refractivity contribution in [2.24, 2.45) is 0 Å². The summed E-state index contributed by atoms with van der Waals surface area (Å²) in [4.78, 5) is 0.361. The molecule has 0 aromatic heterocycles. The summed E-state index contributed by atoms with van der Waals surface area (Å²) >= 11 is 0. The van der Waals surface area contributed by atoms with E-state index in [1.165, 1.54) is 24.8 Å². The molecule has 6 heteroatoms. The summed E-state index contributed by atoms with van der Waals surface area (Å²) in [6.45, 7) is 2.75.